The smallest absolute Gasteiger partial charge is 0.000823 e. The lowest BCUT2D eigenvalue weighted by Gasteiger charge is -2.37. The molecule has 1 nitrogen and oxygen atoms in total. The van der Waals surface area contributed by atoms with Gasteiger partial charge in [0.25, 0.3) is 0 Å². The van der Waals surface area contributed by atoms with Crippen LogP contribution in [-0.4, -0.2) is 13.1 Å². The van der Waals surface area contributed by atoms with E-state index < -0.39 is 0 Å². The molecule has 0 heterocycles. The molecule has 0 aliphatic heterocycles. The largest absolute Gasteiger partial charge is 0.316 e. The number of fused-ring (bicyclic) bond motifs is 3. The Morgan fingerprint density at radius 3 is 2.40 bits per heavy atom. The summed E-state index contributed by atoms with van der Waals surface area (Å²) >= 11 is 0. The second-order valence-corrected chi connectivity index (χ2v) is 9.33. The van der Waals surface area contributed by atoms with Gasteiger partial charge in [0.05, 0.1) is 0 Å². The molecule has 0 amide bonds. The lowest BCUT2D eigenvalue weighted by atomic mass is 9.71. The minimum Gasteiger partial charge on any atom is -0.316 e. The van der Waals surface area contributed by atoms with Crippen LogP contribution >= 0.6 is 0 Å². The van der Waals surface area contributed by atoms with Crippen molar-refractivity contribution in [2.24, 2.45) is 40.9 Å². The topological polar surface area (TPSA) is 12.0 Å². The lowest BCUT2D eigenvalue weighted by molar-refractivity contribution is 0.155. The highest BCUT2D eigenvalue weighted by Crippen LogP contribution is 2.63. The van der Waals surface area contributed by atoms with Gasteiger partial charge in [-0.3, -0.25) is 0 Å². The molecule has 4 saturated carbocycles. The highest BCUT2D eigenvalue weighted by molar-refractivity contribution is 5.06. The van der Waals surface area contributed by atoms with Crippen molar-refractivity contribution in [3.63, 3.8) is 0 Å². The van der Waals surface area contributed by atoms with Crippen LogP contribution in [0.15, 0.2) is 0 Å². The molecule has 0 radical (unpaired) electrons. The molecule has 5 unspecified atom stereocenters. The third-order valence-corrected chi connectivity index (χ3v) is 7.09. The van der Waals surface area contributed by atoms with Crippen molar-refractivity contribution >= 4 is 0 Å². The Morgan fingerprint density at radius 1 is 1.00 bits per heavy atom. The van der Waals surface area contributed by atoms with Gasteiger partial charge in [-0.25, -0.2) is 0 Å². The Hall–Kier alpha value is -0.0400. The zero-order chi connectivity index (χ0) is 13.7. The molecule has 1 N–H and O–H groups in total. The van der Waals surface area contributed by atoms with E-state index in [4.69, 9.17) is 0 Å². The first kappa shape index (κ1) is 13.6. The number of hydrogen-bond donors (Lipinski definition) is 1. The van der Waals surface area contributed by atoms with Crippen molar-refractivity contribution in [2.75, 3.05) is 13.1 Å². The fraction of sp³-hybridized carbons (Fsp3) is 1.00. The molecule has 20 heavy (non-hydrogen) atoms. The third-order valence-electron chi connectivity index (χ3n) is 7.09. The number of hydrogen-bond acceptors (Lipinski definition) is 1. The predicted molar refractivity (Wildman–Crippen MR) is 84.5 cm³/mol. The maximum atomic E-state index is 3.83. The van der Waals surface area contributed by atoms with Gasteiger partial charge in [-0.2, -0.15) is 0 Å². The van der Waals surface area contributed by atoms with E-state index in [9.17, 15) is 0 Å². The molecule has 5 atom stereocenters. The van der Waals surface area contributed by atoms with Gasteiger partial charge < -0.3 is 5.32 Å². The number of rotatable bonds is 6. The van der Waals surface area contributed by atoms with E-state index in [-0.39, 0.29) is 0 Å². The molecular weight excluding hydrogens is 242 g/mol. The molecule has 0 aromatic heterocycles. The molecular formula is C19H33N. The molecule has 1 heteroatoms. The zero-order valence-electron chi connectivity index (χ0n) is 13.5. The van der Waals surface area contributed by atoms with Crippen LogP contribution in [0.5, 0.6) is 0 Å². The standard InChI is InChI=1S/C19H33N/c1-13(2)11-20-12-19(9-17-7-18(17)10-19)8-16-6-14-3-4-15(16)5-14/h13-18,20H,3-12H2,1-2H3. The first-order valence-corrected chi connectivity index (χ1v) is 9.34. The average Bonchev–Trinajstić information content (AvgIpc) is 2.81. The average molecular weight is 275 g/mol. The van der Waals surface area contributed by atoms with Gasteiger partial charge in [-0.15, -0.1) is 0 Å². The highest BCUT2D eigenvalue weighted by Gasteiger charge is 2.55. The Kier molecular flexibility index (Phi) is 3.41. The van der Waals surface area contributed by atoms with E-state index in [0.29, 0.717) is 5.41 Å². The Morgan fingerprint density at radius 2 is 1.80 bits per heavy atom. The van der Waals surface area contributed by atoms with Gasteiger partial charge in [0.15, 0.2) is 0 Å². The van der Waals surface area contributed by atoms with E-state index in [0.717, 1.165) is 35.5 Å². The summed E-state index contributed by atoms with van der Waals surface area (Å²) in [4.78, 5) is 0. The first-order chi connectivity index (χ1) is 9.63. The van der Waals surface area contributed by atoms with Crippen molar-refractivity contribution in [3.8, 4) is 0 Å². The molecule has 4 rings (SSSR count). The summed E-state index contributed by atoms with van der Waals surface area (Å²) in [5.74, 6) is 6.42. The summed E-state index contributed by atoms with van der Waals surface area (Å²) in [6.45, 7) is 7.21. The molecule has 2 bridgehead atoms. The first-order valence-electron chi connectivity index (χ1n) is 9.34. The fourth-order valence-corrected chi connectivity index (χ4v) is 6.20. The number of nitrogens with one attached hydrogen (secondary N) is 1. The van der Waals surface area contributed by atoms with Gasteiger partial charge in [0.2, 0.25) is 0 Å². The zero-order valence-corrected chi connectivity index (χ0v) is 13.5. The Bertz CT molecular complexity index is 351. The van der Waals surface area contributed by atoms with E-state index in [1.165, 1.54) is 13.1 Å². The molecule has 4 fully saturated rings. The summed E-state index contributed by atoms with van der Waals surface area (Å²) < 4.78 is 0. The van der Waals surface area contributed by atoms with Crippen LogP contribution in [0.1, 0.15) is 65.2 Å². The Balaban J connectivity index is 1.37. The van der Waals surface area contributed by atoms with Crippen LogP contribution in [0.2, 0.25) is 0 Å². The second-order valence-electron chi connectivity index (χ2n) is 9.33. The van der Waals surface area contributed by atoms with Gasteiger partial charge in [0.1, 0.15) is 0 Å². The van der Waals surface area contributed by atoms with Crippen molar-refractivity contribution in [3.05, 3.63) is 0 Å². The van der Waals surface area contributed by atoms with Crippen LogP contribution in [-0.2, 0) is 0 Å². The quantitative estimate of drug-likeness (QED) is 0.754. The van der Waals surface area contributed by atoms with E-state index in [1.54, 1.807) is 51.4 Å². The summed E-state index contributed by atoms with van der Waals surface area (Å²) in [6, 6.07) is 0. The molecule has 0 aromatic carbocycles. The van der Waals surface area contributed by atoms with Crippen molar-refractivity contribution in [2.45, 2.75) is 65.2 Å². The van der Waals surface area contributed by atoms with Crippen LogP contribution in [0.4, 0.5) is 0 Å². The summed E-state index contributed by atoms with van der Waals surface area (Å²) in [5.41, 5.74) is 0.706. The molecule has 0 aromatic rings. The molecule has 4 aliphatic rings. The minimum atomic E-state index is 0.706. The summed E-state index contributed by atoms with van der Waals surface area (Å²) in [7, 11) is 0. The van der Waals surface area contributed by atoms with Crippen molar-refractivity contribution < 1.29 is 0 Å². The van der Waals surface area contributed by atoms with Gasteiger partial charge >= 0.3 is 0 Å². The van der Waals surface area contributed by atoms with E-state index in [2.05, 4.69) is 19.2 Å². The highest BCUT2D eigenvalue weighted by atomic mass is 14.9. The normalized spacial score (nSPS) is 49.0. The second kappa shape index (κ2) is 5.00. The van der Waals surface area contributed by atoms with Gasteiger partial charge in [-0.05, 0) is 92.4 Å². The lowest BCUT2D eigenvalue weighted by Crippen LogP contribution is -2.37. The Labute approximate surface area is 125 Å². The summed E-state index contributed by atoms with van der Waals surface area (Å²) in [6.07, 6.45) is 12.6. The van der Waals surface area contributed by atoms with Crippen molar-refractivity contribution in [1.82, 2.24) is 5.32 Å². The maximum absolute atomic E-state index is 3.83. The van der Waals surface area contributed by atoms with Crippen molar-refractivity contribution in [1.29, 1.82) is 0 Å². The van der Waals surface area contributed by atoms with Crippen LogP contribution < -0.4 is 5.32 Å². The molecule has 4 aliphatic carbocycles. The molecule has 0 saturated heterocycles. The van der Waals surface area contributed by atoms with Gasteiger partial charge in [-0.1, -0.05) is 20.3 Å². The van der Waals surface area contributed by atoms with Crippen LogP contribution in [0.25, 0.3) is 0 Å². The monoisotopic (exact) mass is 275 g/mol. The van der Waals surface area contributed by atoms with E-state index in [1.807, 2.05) is 0 Å². The third kappa shape index (κ3) is 2.56. The van der Waals surface area contributed by atoms with Gasteiger partial charge in [0, 0.05) is 6.54 Å². The maximum Gasteiger partial charge on any atom is 0.000823 e. The van der Waals surface area contributed by atoms with Crippen LogP contribution in [0.3, 0.4) is 0 Å². The summed E-state index contributed by atoms with van der Waals surface area (Å²) in [5, 5.41) is 3.83. The van der Waals surface area contributed by atoms with Crippen LogP contribution in [0, 0.1) is 40.9 Å². The van der Waals surface area contributed by atoms with E-state index >= 15 is 0 Å². The SMILES string of the molecule is CC(C)CNCC1(CC2CC3CCC2C3)CC2CC2C1. The molecule has 114 valence electrons. The predicted octanol–water partition coefficient (Wildman–Crippen LogP) is 4.47. The molecule has 0 spiro atoms. The fourth-order valence-electron chi connectivity index (χ4n) is 6.20. The minimum absolute atomic E-state index is 0.706.